The number of hydrogen-bond acceptors (Lipinski definition) is 4. The third-order valence-corrected chi connectivity index (χ3v) is 10.0. The van der Waals surface area contributed by atoms with Crippen LogP contribution in [0.1, 0.15) is 25.7 Å². The number of aromatic amines is 1. The Morgan fingerprint density at radius 2 is 1.50 bits per heavy atom. The smallest absolute Gasteiger partial charge is 0.257 e. The number of pyridine rings is 1. The Kier molecular flexibility index (Phi) is 6.64. The van der Waals surface area contributed by atoms with E-state index in [4.69, 9.17) is 23.2 Å². The van der Waals surface area contributed by atoms with Gasteiger partial charge in [-0.2, -0.15) is 4.31 Å². The molecule has 0 spiro atoms. The number of rotatable bonds is 4. The normalized spacial score (nSPS) is 19.1. The Morgan fingerprint density at radius 1 is 0.853 bits per heavy atom. The van der Waals surface area contributed by atoms with E-state index in [-0.39, 0.29) is 15.5 Å². The fourth-order valence-corrected chi connectivity index (χ4v) is 7.73. The molecule has 1 N–H and O–H groups in total. The molecule has 3 heterocycles. The molecule has 0 radical (unpaired) electrons. The largest absolute Gasteiger partial charge is 0.371 e. The summed E-state index contributed by atoms with van der Waals surface area (Å²) in [5, 5.41) is 2.13. The van der Waals surface area contributed by atoms with Gasteiger partial charge in [-0.05, 0) is 73.2 Å². The third kappa shape index (κ3) is 4.47. The maximum Gasteiger partial charge on any atom is 0.257 e. The highest BCUT2D eigenvalue weighted by Gasteiger charge is 2.34. The lowest BCUT2D eigenvalue weighted by molar-refractivity contribution is 0.183. The van der Waals surface area contributed by atoms with Crippen molar-refractivity contribution in [2.45, 2.75) is 30.6 Å². The van der Waals surface area contributed by atoms with Crippen LogP contribution in [0.25, 0.3) is 10.8 Å². The molecule has 2 fully saturated rings. The standard InChI is InChI=1S/C25H27Cl2N3O3S/c26-21-3-1-2-4-23(21)34(32,33)30-13-8-18(9-14-30)17-6-11-29(12-7-17)20-15-19-5-10-28-25(31)24(19)22(27)16-20/h1-5,10,15-18H,6-9,11-14H2,(H,28,31). The molecule has 0 unspecified atom stereocenters. The molecule has 2 aliphatic rings. The summed E-state index contributed by atoms with van der Waals surface area (Å²) in [6, 6.07) is 12.5. The number of anilines is 1. The van der Waals surface area contributed by atoms with Crippen LogP contribution in [0.4, 0.5) is 5.69 Å². The summed E-state index contributed by atoms with van der Waals surface area (Å²) in [4.78, 5) is 17.3. The molecule has 3 aromatic rings. The maximum atomic E-state index is 13.0. The topological polar surface area (TPSA) is 73.5 Å². The van der Waals surface area contributed by atoms with Crippen LogP contribution in [0, 0.1) is 11.8 Å². The minimum Gasteiger partial charge on any atom is -0.371 e. The molecule has 5 rings (SSSR count). The number of benzene rings is 2. The monoisotopic (exact) mass is 519 g/mol. The molecule has 0 aliphatic carbocycles. The van der Waals surface area contributed by atoms with E-state index in [1.165, 1.54) is 0 Å². The molecule has 0 amide bonds. The summed E-state index contributed by atoms with van der Waals surface area (Å²) in [6.45, 7) is 2.92. The van der Waals surface area contributed by atoms with Crippen molar-refractivity contribution in [1.29, 1.82) is 0 Å². The van der Waals surface area contributed by atoms with Crippen molar-refractivity contribution in [1.82, 2.24) is 9.29 Å². The van der Waals surface area contributed by atoms with E-state index in [1.807, 2.05) is 18.2 Å². The van der Waals surface area contributed by atoms with Gasteiger partial charge in [-0.25, -0.2) is 8.42 Å². The van der Waals surface area contributed by atoms with Gasteiger partial charge in [-0.3, -0.25) is 4.79 Å². The number of aromatic nitrogens is 1. The molecule has 6 nitrogen and oxygen atoms in total. The zero-order chi connectivity index (χ0) is 23.9. The van der Waals surface area contributed by atoms with Gasteiger partial charge in [0.05, 0.1) is 15.4 Å². The number of hydrogen-bond donors (Lipinski definition) is 1. The summed E-state index contributed by atoms with van der Waals surface area (Å²) in [7, 11) is -3.56. The second-order valence-electron chi connectivity index (χ2n) is 9.20. The van der Waals surface area contributed by atoms with Gasteiger partial charge in [0, 0.05) is 38.1 Å². The van der Waals surface area contributed by atoms with Gasteiger partial charge in [-0.1, -0.05) is 35.3 Å². The molecular formula is C25H27Cl2N3O3S. The van der Waals surface area contributed by atoms with Crippen LogP contribution in [0.5, 0.6) is 0 Å². The SMILES string of the molecule is O=c1[nH]ccc2cc(N3CCC(C4CCN(S(=O)(=O)c5ccccc5Cl)CC4)CC3)cc(Cl)c12. The minimum atomic E-state index is -3.56. The minimum absolute atomic E-state index is 0.171. The van der Waals surface area contributed by atoms with Crippen LogP contribution in [-0.4, -0.2) is 43.9 Å². The molecule has 0 bridgehead atoms. The van der Waals surface area contributed by atoms with E-state index >= 15 is 0 Å². The number of fused-ring (bicyclic) bond motifs is 1. The summed E-state index contributed by atoms with van der Waals surface area (Å²) in [5.74, 6) is 1.11. The molecule has 2 aliphatic heterocycles. The number of halogens is 2. The lowest BCUT2D eigenvalue weighted by Gasteiger charge is -2.40. The first-order chi connectivity index (χ1) is 16.3. The molecule has 1 aromatic heterocycles. The van der Waals surface area contributed by atoms with Gasteiger partial charge < -0.3 is 9.88 Å². The Labute approximate surface area is 209 Å². The van der Waals surface area contributed by atoms with Crippen LogP contribution >= 0.6 is 23.2 Å². The summed E-state index contributed by atoms with van der Waals surface area (Å²) < 4.78 is 27.7. The maximum absolute atomic E-state index is 13.0. The first-order valence-electron chi connectivity index (χ1n) is 11.6. The summed E-state index contributed by atoms with van der Waals surface area (Å²) in [5.41, 5.74) is 0.873. The van der Waals surface area contributed by atoms with Crippen LogP contribution in [0.3, 0.4) is 0 Å². The fourth-order valence-electron chi connectivity index (χ4n) is 5.46. The van der Waals surface area contributed by atoms with E-state index < -0.39 is 10.0 Å². The van der Waals surface area contributed by atoms with E-state index in [2.05, 4.69) is 9.88 Å². The molecule has 34 heavy (non-hydrogen) atoms. The first-order valence-corrected chi connectivity index (χ1v) is 13.8. The van der Waals surface area contributed by atoms with Gasteiger partial charge in [0.15, 0.2) is 0 Å². The molecule has 180 valence electrons. The Morgan fingerprint density at radius 3 is 2.18 bits per heavy atom. The van der Waals surface area contributed by atoms with Crippen molar-refractivity contribution in [3.05, 3.63) is 69.1 Å². The summed E-state index contributed by atoms with van der Waals surface area (Å²) in [6.07, 6.45) is 5.52. The number of H-pyrrole nitrogens is 1. The highest BCUT2D eigenvalue weighted by atomic mass is 35.5. The van der Waals surface area contributed by atoms with E-state index in [0.717, 1.165) is 49.8 Å². The Hall–Kier alpha value is -2.06. The summed E-state index contributed by atoms with van der Waals surface area (Å²) >= 11 is 12.6. The van der Waals surface area contributed by atoms with Crippen LogP contribution < -0.4 is 10.5 Å². The molecule has 0 atom stereocenters. The van der Waals surface area contributed by atoms with Crippen molar-refractivity contribution in [2.24, 2.45) is 11.8 Å². The van der Waals surface area contributed by atoms with Crippen molar-refractivity contribution >= 4 is 49.7 Å². The second kappa shape index (κ2) is 9.53. The highest BCUT2D eigenvalue weighted by molar-refractivity contribution is 7.89. The van der Waals surface area contributed by atoms with Crippen molar-refractivity contribution in [3.8, 4) is 0 Å². The van der Waals surface area contributed by atoms with Gasteiger partial charge >= 0.3 is 0 Å². The zero-order valence-corrected chi connectivity index (χ0v) is 21.0. The zero-order valence-electron chi connectivity index (χ0n) is 18.7. The van der Waals surface area contributed by atoms with Gasteiger partial charge in [0.25, 0.3) is 5.56 Å². The lowest BCUT2D eigenvalue weighted by Crippen LogP contribution is -2.42. The Balaban J connectivity index is 1.21. The fraction of sp³-hybridized carbons (Fsp3) is 0.400. The molecular weight excluding hydrogens is 493 g/mol. The van der Waals surface area contributed by atoms with Crippen molar-refractivity contribution < 1.29 is 8.42 Å². The van der Waals surface area contributed by atoms with Crippen LogP contribution in [0.15, 0.2) is 58.4 Å². The molecule has 9 heteroatoms. The predicted octanol–water partition coefficient (Wildman–Crippen LogP) is 5.15. The average Bonchev–Trinajstić information content (AvgIpc) is 2.84. The van der Waals surface area contributed by atoms with E-state index in [9.17, 15) is 13.2 Å². The van der Waals surface area contributed by atoms with Crippen molar-refractivity contribution in [3.63, 3.8) is 0 Å². The van der Waals surface area contributed by atoms with Gasteiger partial charge in [0.2, 0.25) is 10.0 Å². The van der Waals surface area contributed by atoms with Crippen LogP contribution in [0.2, 0.25) is 10.0 Å². The number of sulfonamides is 1. The van der Waals surface area contributed by atoms with E-state index in [0.29, 0.717) is 35.3 Å². The predicted molar refractivity (Wildman–Crippen MR) is 137 cm³/mol. The van der Waals surface area contributed by atoms with Crippen molar-refractivity contribution in [2.75, 3.05) is 31.1 Å². The molecule has 0 saturated carbocycles. The first kappa shape index (κ1) is 23.7. The third-order valence-electron chi connectivity index (χ3n) is 7.33. The van der Waals surface area contributed by atoms with Gasteiger partial charge in [0.1, 0.15) is 4.90 Å². The van der Waals surface area contributed by atoms with Crippen LogP contribution in [-0.2, 0) is 10.0 Å². The molecule has 2 aromatic carbocycles. The highest BCUT2D eigenvalue weighted by Crippen LogP contribution is 2.37. The second-order valence-corrected chi connectivity index (χ2v) is 11.9. The number of nitrogens with one attached hydrogen (secondary N) is 1. The van der Waals surface area contributed by atoms with Gasteiger partial charge in [-0.15, -0.1) is 0 Å². The lowest BCUT2D eigenvalue weighted by atomic mass is 9.79. The Bertz CT molecular complexity index is 1360. The quantitative estimate of drug-likeness (QED) is 0.517. The van der Waals surface area contributed by atoms with E-state index in [1.54, 1.807) is 34.8 Å². The average molecular weight is 520 g/mol. The number of nitrogens with zero attached hydrogens (tertiary/aromatic N) is 2. The molecule has 2 saturated heterocycles. The number of piperidine rings is 2.